The molecule has 2 aromatic rings. The highest BCUT2D eigenvalue weighted by Gasteiger charge is 2.04. The van der Waals surface area contributed by atoms with Gasteiger partial charge in [0.05, 0.1) is 14.2 Å². The Kier molecular flexibility index (Phi) is 11.6. The van der Waals surface area contributed by atoms with Crippen LogP contribution in [0, 0.1) is 0 Å². The Balaban J connectivity index is 1.41. The SMILES string of the molecule is COc1ccc(CCNCCCCCNCCCc2ccc(Cl)cc2)cc1OC. The third-order valence-corrected chi connectivity index (χ3v) is 5.23. The second-order valence-electron chi connectivity index (χ2n) is 7.23. The second kappa shape index (κ2) is 14.3. The number of hydrogen-bond donors (Lipinski definition) is 2. The van der Waals surface area contributed by atoms with E-state index in [1.807, 2.05) is 18.2 Å². The largest absolute Gasteiger partial charge is 0.493 e. The minimum atomic E-state index is 0.780. The number of halogens is 1. The lowest BCUT2D eigenvalue weighted by Gasteiger charge is -2.10. The Labute approximate surface area is 180 Å². The van der Waals surface area contributed by atoms with Gasteiger partial charge >= 0.3 is 0 Å². The fraction of sp³-hybridized carbons (Fsp3) is 0.500. The van der Waals surface area contributed by atoms with E-state index in [2.05, 4.69) is 34.9 Å². The van der Waals surface area contributed by atoms with E-state index >= 15 is 0 Å². The lowest BCUT2D eigenvalue weighted by molar-refractivity contribution is 0.354. The third-order valence-electron chi connectivity index (χ3n) is 4.98. The quantitative estimate of drug-likeness (QED) is 0.404. The molecule has 0 aliphatic rings. The standard InChI is InChI=1S/C24H35ClN2O2/c1-28-23-13-10-21(19-24(23)29-2)14-18-27-16-5-3-4-15-26-17-6-7-20-8-11-22(25)12-9-20/h8-13,19,26-27H,3-7,14-18H2,1-2H3. The minimum absolute atomic E-state index is 0.780. The molecule has 0 saturated heterocycles. The molecule has 2 N–H and O–H groups in total. The van der Waals surface area contributed by atoms with Gasteiger partial charge in [-0.2, -0.15) is 0 Å². The van der Waals surface area contributed by atoms with Crippen LogP contribution in [-0.2, 0) is 12.8 Å². The van der Waals surface area contributed by atoms with Crippen LogP contribution in [0.3, 0.4) is 0 Å². The van der Waals surface area contributed by atoms with E-state index in [4.69, 9.17) is 21.1 Å². The first kappa shape index (κ1) is 23.5. The van der Waals surface area contributed by atoms with Crippen LogP contribution in [-0.4, -0.2) is 40.4 Å². The van der Waals surface area contributed by atoms with Gasteiger partial charge in [-0.05, 0) is 93.7 Å². The van der Waals surface area contributed by atoms with E-state index in [0.29, 0.717) is 0 Å². The fourth-order valence-electron chi connectivity index (χ4n) is 3.26. The van der Waals surface area contributed by atoms with E-state index < -0.39 is 0 Å². The molecule has 29 heavy (non-hydrogen) atoms. The number of nitrogens with one attached hydrogen (secondary N) is 2. The van der Waals surface area contributed by atoms with Gasteiger partial charge in [0.1, 0.15) is 0 Å². The molecule has 0 amide bonds. The molecule has 2 aromatic carbocycles. The maximum Gasteiger partial charge on any atom is 0.160 e. The first-order valence-electron chi connectivity index (χ1n) is 10.6. The molecule has 0 radical (unpaired) electrons. The van der Waals surface area contributed by atoms with Gasteiger partial charge in [-0.15, -0.1) is 0 Å². The molecule has 0 heterocycles. The highest BCUT2D eigenvalue weighted by Crippen LogP contribution is 2.27. The van der Waals surface area contributed by atoms with Crippen molar-refractivity contribution in [3.8, 4) is 11.5 Å². The third kappa shape index (κ3) is 9.53. The monoisotopic (exact) mass is 418 g/mol. The number of hydrogen-bond acceptors (Lipinski definition) is 4. The zero-order valence-corrected chi connectivity index (χ0v) is 18.6. The maximum atomic E-state index is 5.91. The Morgan fingerprint density at radius 2 is 1.28 bits per heavy atom. The number of rotatable bonds is 15. The molecule has 0 saturated carbocycles. The van der Waals surface area contributed by atoms with Gasteiger partial charge in [0.15, 0.2) is 11.5 Å². The van der Waals surface area contributed by atoms with Gasteiger partial charge < -0.3 is 20.1 Å². The highest BCUT2D eigenvalue weighted by molar-refractivity contribution is 6.30. The average molecular weight is 419 g/mol. The van der Waals surface area contributed by atoms with Crippen molar-refractivity contribution in [2.45, 2.75) is 38.5 Å². The lowest BCUT2D eigenvalue weighted by atomic mass is 10.1. The van der Waals surface area contributed by atoms with Crippen molar-refractivity contribution in [3.05, 3.63) is 58.6 Å². The topological polar surface area (TPSA) is 42.5 Å². The summed E-state index contributed by atoms with van der Waals surface area (Å²) in [6, 6.07) is 14.3. The Morgan fingerprint density at radius 1 is 0.655 bits per heavy atom. The molecule has 5 heteroatoms. The van der Waals surface area contributed by atoms with Crippen LogP contribution in [0.25, 0.3) is 0 Å². The van der Waals surface area contributed by atoms with E-state index in [0.717, 1.165) is 55.5 Å². The molecule has 0 aliphatic carbocycles. The number of aryl methyl sites for hydroxylation is 1. The van der Waals surface area contributed by atoms with Crippen LogP contribution in [0.1, 0.15) is 36.8 Å². The van der Waals surface area contributed by atoms with Gasteiger partial charge in [0, 0.05) is 5.02 Å². The molecule has 2 rings (SSSR count). The van der Waals surface area contributed by atoms with Crippen molar-refractivity contribution < 1.29 is 9.47 Å². The van der Waals surface area contributed by atoms with Crippen molar-refractivity contribution >= 4 is 11.6 Å². The summed E-state index contributed by atoms with van der Waals surface area (Å²) in [5.41, 5.74) is 2.62. The van der Waals surface area contributed by atoms with Crippen molar-refractivity contribution in [1.82, 2.24) is 10.6 Å². The van der Waals surface area contributed by atoms with Gasteiger partial charge in [-0.3, -0.25) is 0 Å². The molecule has 160 valence electrons. The molecule has 0 aromatic heterocycles. The van der Waals surface area contributed by atoms with Gasteiger partial charge in [0.25, 0.3) is 0 Å². The summed E-state index contributed by atoms with van der Waals surface area (Å²) in [6.45, 7) is 4.24. The number of methoxy groups -OCH3 is 2. The molecule has 0 bridgehead atoms. The Bertz CT molecular complexity index is 692. The molecular formula is C24H35ClN2O2. The second-order valence-corrected chi connectivity index (χ2v) is 7.67. The molecule has 0 fully saturated rings. The predicted octanol–water partition coefficient (Wildman–Crippen LogP) is 4.88. The first-order valence-corrected chi connectivity index (χ1v) is 11.0. The van der Waals surface area contributed by atoms with Crippen LogP contribution in [0.4, 0.5) is 0 Å². The summed E-state index contributed by atoms with van der Waals surface area (Å²) < 4.78 is 10.6. The van der Waals surface area contributed by atoms with Crippen LogP contribution >= 0.6 is 11.6 Å². The molecular weight excluding hydrogens is 384 g/mol. The van der Waals surface area contributed by atoms with E-state index in [-0.39, 0.29) is 0 Å². The number of benzene rings is 2. The molecule has 0 aliphatic heterocycles. The van der Waals surface area contributed by atoms with E-state index in [1.54, 1.807) is 14.2 Å². The average Bonchev–Trinajstić information content (AvgIpc) is 2.75. The van der Waals surface area contributed by atoms with Crippen LogP contribution in [0.2, 0.25) is 5.02 Å². The molecule has 0 spiro atoms. The van der Waals surface area contributed by atoms with E-state index in [1.165, 1.54) is 36.8 Å². The summed E-state index contributed by atoms with van der Waals surface area (Å²) in [5, 5.41) is 7.88. The van der Waals surface area contributed by atoms with Crippen molar-refractivity contribution in [3.63, 3.8) is 0 Å². The van der Waals surface area contributed by atoms with Crippen molar-refractivity contribution in [2.75, 3.05) is 40.4 Å². The zero-order chi connectivity index (χ0) is 20.7. The summed E-state index contributed by atoms with van der Waals surface area (Å²) in [4.78, 5) is 0. The fourth-order valence-corrected chi connectivity index (χ4v) is 3.39. The summed E-state index contributed by atoms with van der Waals surface area (Å²) in [7, 11) is 3.34. The zero-order valence-electron chi connectivity index (χ0n) is 17.8. The van der Waals surface area contributed by atoms with E-state index in [9.17, 15) is 0 Å². The van der Waals surface area contributed by atoms with Crippen LogP contribution in [0.15, 0.2) is 42.5 Å². The summed E-state index contributed by atoms with van der Waals surface area (Å²) in [5.74, 6) is 1.58. The van der Waals surface area contributed by atoms with Crippen LogP contribution in [0.5, 0.6) is 11.5 Å². The maximum absolute atomic E-state index is 5.91. The number of ether oxygens (including phenoxy) is 2. The van der Waals surface area contributed by atoms with Crippen molar-refractivity contribution in [2.24, 2.45) is 0 Å². The van der Waals surface area contributed by atoms with Crippen molar-refractivity contribution in [1.29, 1.82) is 0 Å². The first-order chi connectivity index (χ1) is 14.2. The van der Waals surface area contributed by atoms with Crippen LogP contribution < -0.4 is 20.1 Å². The van der Waals surface area contributed by atoms with Gasteiger partial charge in [-0.1, -0.05) is 36.2 Å². The number of unbranched alkanes of at least 4 members (excludes halogenated alkanes) is 2. The van der Waals surface area contributed by atoms with Gasteiger partial charge in [-0.25, -0.2) is 0 Å². The lowest BCUT2D eigenvalue weighted by Crippen LogP contribution is -2.20. The molecule has 0 atom stereocenters. The predicted molar refractivity (Wildman–Crippen MR) is 123 cm³/mol. The summed E-state index contributed by atoms with van der Waals surface area (Å²) in [6.07, 6.45) is 6.98. The smallest absolute Gasteiger partial charge is 0.160 e. The molecule has 4 nitrogen and oxygen atoms in total. The Morgan fingerprint density at radius 3 is 1.97 bits per heavy atom. The normalized spacial score (nSPS) is 10.9. The molecule has 0 unspecified atom stereocenters. The Hall–Kier alpha value is -1.75. The summed E-state index contributed by atoms with van der Waals surface area (Å²) >= 11 is 5.91. The minimum Gasteiger partial charge on any atom is -0.493 e. The van der Waals surface area contributed by atoms with Gasteiger partial charge in [0.2, 0.25) is 0 Å². The highest BCUT2D eigenvalue weighted by atomic mass is 35.5.